The molecule has 1 amide bonds. The van der Waals surface area contributed by atoms with Crippen LogP contribution >= 0.6 is 0 Å². The van der Waals surface area contributed by atoms with Gasteiger partial charge in [-0.05, 0) is 61.4 Å². The molecule has 0 aromatic heterocycles. The van der Waals surface area contributed by atoms with Crippen molar-refractivity contribution >= 4 is 21.6 Å². The lowest BCUT2D eigenvalue weighted by atomic mass is 10.1. The molecule has 0 aliphatic carbocycles. The molecular weight excluding hydrogens is 412 g/mol. The summed E-state index contributed by atoms with van der Waals surface area (Å²) in [7, 11) is -0.646. The number of nitrogens with zero attached hydrogens (tertiary/aromatic N) is 1. The third-order valence-electron chi connectivity index (χ3n) is 5.18. The molecule has 1 N–H and O–H groups in total. The maximum Gasteiger partial charge on any atom is 0.264 e. The van der Waals surface area contributed by atoms with Crippen molar-refractivity contribution in [2.45, 2.75) is 24.8 Å². The molecule has 0 saturated carbocycles. The molecule has 1 atom stereocenters. The monoisotopic (exact) mass is 438 g/mol. The lowest BCUT2D eigenvalue weighted by Crippen LogP contribution is -2.29. The van der Waals surface area contributed by atoms with E-state index >= 15 is 0 Å². The third kappa shape index (κ3) is 4.88. The summed E-state index contributed by atoms with van der Waals surface area (Å²) in [5.74, 6) is 0.461. The Morgan fingerprint density at radius 1 is 1.00 bits per heavy atom. The summed E-state index contributed by atoms with van der Waals surface area (Å²) < 4.78 is 32.4. The van der Waals surface area contributed by atoms with E-state index in [4.69, 9.17) is 4.74 Å². The lowest BCUT2D eigenvalue weighted by Gasteiger charge is -2.22. The summed E-state index contributed by atoms with van der Waals surface area (Å²) in [6.45, 7) is 3.70. The Morgan fingerprint density at radius 2 is 1.65 bits per heavy atom. The predicted molar refractivity (Wildman–Crippen MR) is 122 cm³/mol. The summed E-state index contributed by atoms with van der Waals surface area (Å²) >= 11 is 0. The van der Waals surface area contributed by atoms with Crippen LogP contribution in [-0.4, -0.2) is 28.5 Å². The molecular formula is C24H26N2O4S. The van der Waals surface area contributed by atoms with Crippen molar-refractivity contribution < 1.29 is 17.9 Å². The zero-order chi connectivity index (χ0) is 22.6. The van der Waals surface area contributed by atoms with Gasteiger partial charge in [-0.25, -0.2) is 8.42 Å². The summed E-state index contributed by atoms with van der Waals surface area (Å²) in [6, 6.07) is 20.5. The Labute approximate surface area is 183 Å². The molecule has 0 heterocycles. The molecule has 3 aromatic carbocycles. The molecule has 7 heteroatoms. The molecule has 0 saturated heterocycles. The van der Waals surface area contributed by atoms with E-state index < -0.39 is 10.0 Å². The van der Waals surface area contributed by atoms with Crippen LogP contribution < -0.4 is 14.4 Å². The van der Waals surface area contributed by atoms with E-state index in [0.717, 1.165) is 16.9 Å². The molecule has 3 aromatic rings. The van der Waals surface area contributed by atoms with Crippen LogP contribution in [0.4, 0.5) is 5.69 Å². The van der Waals surface area contributed by atoms with Gasteiger partial charge in [0.2, 0.25) is 0 Å². The minimum Gasteiger partial charge on any atom is -0.497 e. The number of aryl methyl sites for hydroxylation is 1. The second kappa shape index (κ2) is 9.22. The van der Waals surface area contributed by atoms with Crippen LogP contribution in [0.25, 0.3) is 0 Å². The van der Waals surface area contributed by atoms with E-state index in [1.54, 1.807) is 55.6 Å². The molecule has 0 spiro atoms. The Balaban J connectivity index is 1.83. The molecule has 3 rings (SSSR count). The Hall–Kier alpha value is -3.32. The normalized spacial score (nSPS) is 12.1. The van der Waals surface area contributed by atoms with E-state index in [0.29, 0.717) is 11.3 Å². The first-order valence-electron chi connectivity index (χ1n) is 9.83. The molecule has 6 nitrogen and oxygen atoms in total. The van der Waals surface area contributed by atoms with Crippen LogP contribution in [0.5, 0.6) is 5.75 Å². The number of amides is 1. The summed E-state index contributed by atoms with van der Waals surface area (Å²) in [5, 5.41) is 2.96. The van der Waals surface area contributed by atoms with Crippen LogP contribution in [0.2, 0.25) is 0 Å². The molecule has 0 bridgehead atoms. The van der Waals surface area contributed by atoms with E-state index in [-0.39, 0.29) is 16.8 Å². The number of carbonyl (C=O) groups is 1. The van der Waals surface area contributed by atoms with Gasteiger partial charge in [0.15, 0.2) is 0 Å². The lowest BCUT2D eigenvalue weighted by molar-refractivity contribution is 0.0940. The molecule has 0 fully saturated rings. The highest BCUT2D eigenvalue weighted by Gasteiger charge is 2.23. The molecule has 31 heavy (non-hydrogen) atoms. The number of anilines is 1. The molecule has 162 valence electrons. The highest BCUT2D eigenvalue weighted by Crippen LogP contribution is 2.27. The summed E-state index contributed by atoms with van der Waals surface area (Å²) in [5.41, 5.74) is 2.52. The van der Waals surface area contributed by atoms with Crippen molar-refractivity contribution in [1.29, 1.82) is 0 Å². The zero-order valence-corrected chi connectivity index (χ0v) is 18.8. The minimum absolute atomic E-state index is 0.194. The van der Waals surface area contributed by atoms with Crippen LogP contribution in [0, 0.1) is 6.92 Å². The van der Waals surface area contributed by atoms with Crippen molar-refractivity contribution in [3.63, 3.8) is 0 Å². The van der Waals surface area contributed by atoms with Crippen LogP contribution in [0.1, 0.15) is 34.5 Å². The highest BCUT2D eigenvalue weighted by atomic mass is 32.2. The number of hydrogen-bond acceptors (Lipinski definition) is 4. The average Bonchev–Trinajstić information content (AvgIpc) is 2.79. The first-order valence-corrected chi connectivity index (χ1v) is 11.3. The Bertz CT molecular complexity index is 1160. The van der Waals surface area contributed by atoms with Gasteiger partial charge in [0, 0.05) is 12.6 Å². The van der Waals surface area contributed by atoms with Gasteiger partial charge in [0.25, 0.3) is 15.9 Å². The first-order chi connectivity index (χ1) is 14.7. The topological polar surface area (TPSA) is 75.7 Å². The fourth-order valence-corrected chi connectivity index (χ4v) is 4.50. The van der Waals surface area contributed by atoms with Gasteiger partial charge in [-0.2, -0.15) is 0 Å². The number of benzene rings is 3. The van der Waals surface area contributed by atoms with Crippen molar-refractivity contribution in [3.8, 4) is 5.75 Å². The van der Waals surface area contributed by atoms with E-state index in [2.05, 4.69) is 5.32 Å². The number of sulfonamides is 1. The van der Waals surface area contributed by atoms with Gasteiger partial charge in [0.05, 0.1) is 23.7 Å². The van der Waals surface area contributed by atoms with Gasteiger partial charge in [-0.1, -0.05) is 36.4 Å². The van der Waals surface area contributed by atoms with Crippen LogP contribution in [0.15, 0.2) is 77.7 Å². The number of carbonyl (C=O) groups excluding carboxylic acids is 1. The van der Waals surface area contributed by atoms with Gasteiger partial charge < -0.3 is 10.1 Å². The predicted octanol–water partition coefficient (Wildman–Crippen LogP) is 4.32. The van der Waals surface area contributed by atoms with Crippen LogP contribution in [-0.2, 0) is 10.0 Å². The largest absolute Gasteiger partial charge is 0.497 e. The van der Waals surface area contributed by atoms with E-state index in [1.165, 1.54) is 11.4 Å². The fraction of sp³-hybridized carbons (Fsp3) is 0.208. The number of methoxy groups -OCH3 is 1. The van der Waals surface area contributed by atoms with Crippen molar-refractivity contribution in [2.24, 2.45) is 0 Å². The Morgan fingerprint density at radius 3 is 2.26 bits per heavy atom. The number of ether oxygens (including phenoxy) is 1. The number of rotatable bonds is 7. The van der Waals surface area contributed by atoms with Gasteiger partial charge in [-0.3, -0.25) is 9.10 Å². The second-order valence-corrected chi connectivity index (χ2v) is 9.22. The maximum atomic E-state index is 13.0. The molecule has 0 aliphatic rings. The minimum atomic E-state index is -3.74. The van der Waals surface area contributed by atoms with E-state index in [1.807, 2.05) is 38.1 Å². The highest BCUT2D eigenvalue weighted by molar-refractivity contribution is 7.92. The summed E-state index contributed by atoms with van der Waals surface area (Å²) in [6.07, 6.45) is 0. The number of nitrogens with one attached hydrogen (secondary N) is 1. The first kappa shape index (κ1) is 22.4. The Kier molecular flexibility index (Phi) is 6.65. The van der Waals surface area contributed by atoms with E-state index in [9.17, 15) is 13.2 Å². The van der Waals surface area contributed by atoms with Crippen molar-refractivity contribution in [3.05, 3.63) is 89.5 Å². The second-order valence-electron chi connectivity index (χ2n) is 7.26. The maximum absolute atomic E-state index is 13.0. The standard InChI is InChI=1S/C24H26N2O4S/c1-17-10-11-20(24(27)25-18(2)19-12-14-21(30-4)15-13-19)16-23(17)26(3)31(28,29)22-8-6-5-7-9-22/h5-16,18H,1-4H3,(H,25,27). The van der Waals surface area contributed by atoms with Crippen molar-refractivity contribution in [2.75, 3.05) is 18.5 Å². The summed E-state index contributed by atoms with van der Waals surface area (Å²) in [4.78, 5) is 13.0. The quantitative estimate of drug-likeness (QED) is 0.596. The van der Waals surface area contributed by atoms with Crippen molar-refractivity contribution in [1.82, 2.24) is 5.32 Å². The smallest absolute Gasteiger partial charge is 0.264 e. The molecule has 0 radical (unpaired) electrons. The van der Waals surface area contributed by atoms with Gasteiger partial charge in [-0.15, -0.1) is 0 Å². The SMILES string of the molecule is COc1ccc(C(C)NC(=O)c2ccc(C)c(N(C)S(=O)(=O)c3ccccc3)c2)cc1. The third-order valence-corrected chi connectivity index (χ3v) is 6.96. The molecule has 0 aliphatic heterocycles. The van der Waals surface area contributed by atoms with Gasteiger partial charge in [0.1, 0.15) is 5.75 Å². The number of hydrogen-bond donors (Lipinski definition) is 1. The fourth-order valence-electron chi connectivity index (χ4n) is 3.23. The van der Waals surface area contributed by atoms with Gasteiger partial charge >= 0.3 is 0 Å². The van der Waals surface area contributed by atoms with Crippen LogP contribution in [0.3, 0.4) is 0 Å². The average molecular weight is 439 g/mol. The zero-order valence-electron chi connectivity index (χ0n) is 18.0. The molecule has 1 unspecified atom stereocenters.